The fourth-order valence-electron chi connectivity index (χ4n) is 1.76. The minimum absolute atomic E-state index is 0.236. The van der Waals surface area contributed by atoms with Gasteiger partial charge in [0.05, 0.1) is 7.11 Å². The minimum atomic E-state index is -0.302. The number of ether oxygens (including phenoxy) is 1. The molecule has 3 nitrogen and oxygen atoms in total. The van der Waals surface area contributed by atoms with Gasteiger partial charge in [0.2, 0.25) is 0 Å². The quantitative estimate of drug-likeness (QED) is 0.792. The van der Waals surface area contributed by atoms with Gasteiger partial charge in [0.1, 0.15) is 6.04 Å². The Morgan fingerprint density at radius 2 is 2.19 bits per heavy atom. The van der Waals surface area contributed by atoms with Crippen molar-refractivity contribution in [3.8, 4) is 0 Å². The van der Waals surface area contributed by atoms with Crippen LogP contribution in [0.15, 0.2) is 34.9 Å². The molecule has 84 valence electrons. The van der Waals surface area contributed by atoms with Crippen LogP contribution in [0.2, 0.25) is 0 Å². The number of nitrogens with zero attached hydrogens (tertiary/aromatic N) is 1. The Hall–Kier alpha value is -1.29. The summed E-state index contributed by atoms with van der Waals surface area (Å²) in [7, 11) is 1.40. The molecule has 0 fully saturated rings. The zero-order valence-electron chi connectivity index (χ0n) is 9.11. The molecule has 0 aliphatic carbocycles. The first kappa shape index (κ1) is 11.2. The summed E-state index contributed by atoms with van der Waals surface area (Å²) in [6.45, 7) is 1.83. The van der Waals surface area contributed by atoms with Crippen molar-refractivity contribution in [2.24, 2.45) is 0 Å². The summed E-state index contributed by atoms with van der Waals surface area (Å²) in [5, 5.41) is 1.10. The monoisotopic (exact) mass is 281 g/mol. The minimum Gasteiger partial charge on any atom is -0.467 e. The highest BCUT2D eigenvalue weighted by Crippen LogP contribution is 2.24. The van der Waals surface area contributed by atoms with Crippen molar-refractivity contribution in [3.63, 3.8) is 0 Å². The van der Waals surface area contributed by atoms with Gasteiger partial charge in [-0.15, -0.1) is 0 Å². The second-order valence-electron chi connectivity index (χ2n) is 3.63. The molecule has 1 heterocycles. The van der Waals surface area contributed by atoms with Gasteiger partial charge in [-0.1, -0.05) is 15.9 Å². The van der Waals surface area contributed by atoms with Crippen molar-refractivity contribution in [2.45, 2.75) is 13.0 Å². The van der Waals surface area contributed by atoms with Crippen molar-refractivity contribution in [2.75, 3.05) is 7.11 Å². The maximum atomic E-state index is 11.5. The third kappa shape index (κ3) is 1.85. The van der Waals surface area contributed by atoms with E-state index in [0.29, 0.717) is 0 Å². The van der Waals surface area contributed by atoms with Gasteiger partial charge in [-0.05, 0) is 31.2 Å². The number of hydrogen-bond donors (Lipinski definition) is 0. The van der Waals surface area contributed by atoms with Gasteiger partial charge in [0.25, 0.3) is 0 Å². The van der Waals surface area contributed by atoms with Crippen LogP contribution in [0.1, 0.15) is 13.0 Å². The van der Waals surface area contributed by atoms with Crippen molar-refractivity contribution in [3.05, 3.63) is 34.9 Å². The molecule has 0 N–H and O–H groups in total. The number of esters is 1. The molecule has 16 heavy (non-hydrogen) atoms. The summed E-state index contributed by atoms with van der Waals surface area (Å²) in [5.41, 5.74) is 1.03. The molecule has 0 saturated carbocycles. The van der Waals surface area contributed by atoms with E-state index in [9.17, 15) is 4.79 Å². The molecule has 1 aromatic heterocycles. The Bertz CT molecular complexity index is 533. The van der Waals surface area contributed by atoms with Crippen LogP contribution < -0.4 is 0 Å². The lowest BCUT2D eigenvalue weighted by molar-refractivity contribution is -0.143. The molecule has 0 aliphatic heterocycles. The van der Waals surface area contributed by atoms with Crippen molar-refractivity contribution in [1.29, 1.82) is 0 Å². The number of rotatable bonds is 2. The van der Waals surface area contributed by atoms with E-state index in [4.69, 9.17) is 4.74 Å². The highest BCUT2D eigenvalue weighted by atomic mass is 79.9. The Labute approximate surface area is 102 Å². The summed E-state index contributed by atoms with van der Waals surface area (Å²) >= 11 is 3.42. The van der Waals surface area contributed by atoms with E-state index in [1.165, 1.54) is 7.11 Å². The standard InChI is InChI=1S/C12H12BrNO2/c1-8(12(15)16-2)14-6-5-9-7-10(13)3-4-11(9)14/h3-8H,1-2H3. The smallest absolute Gasteiger partial charge is 0.328 e. The summed E-state index contributed by atoms with van der Waals surface area (Å²) in [6, 6.07) is 7.65. The molecular weight excluding hydrogens is 270 g/mol. The van der Waals surface area contributed by atoms with E-state index in [-0.39, 0.29) is 12.0 Å². The second kappa shape index (κ2) is 4.29. The number of halogens is 1. The molecule has 0 spiro atoms. The van der Waals surface area contributed by atoms with Crippen LogP contribution in [0.25, 0.3) is 10.9 Å². The van der Waals surface area contributed by atoms with Crippen molar-refractivity contribution in [1.82, 2.24) is 4.57 Å². The summed E-state index contributed by atoms with van der Waals surface area (Å²) in [5.74, 6) is -0.236. The molecule has 2 rings (SSSR count). The lowest BCUT2D eigenvalue weighted by Gasteiger charge is -2.12. The summed E-state index contributed by atoms with van der Waals surface area (Å²) in [4.78, 5) is 11.5. The summed E-state index contributed by atoms with van der Waals surface area (Å²) < 4.78 is 7.68. The number of hydrogen-bond acceptors (Lipinski definition) is 2. The van der Waals surface area contributed by atoms with Gasteiger partial charge in [-0.25, -0.2) is 4.79 Å². The van der Waals surface area contributed by atoms with Crippen LogP contribution in [-0.2, 0) is 9.53 Å². The zero-order chi connectivity index (χ0) is 11.7. The second-order valence-corrected chi connectivity index (χ2v) is 4.54. The van der Waals surface area contributed by atoms with E-state index >= 15 is 0 Å². The van der Waals surface area contributed by atoms with Gasteiger partial charge in [-0.3, -0.25) is 0 Å². The largest absolute Gasteiger partial charge is 0.467 e. The molecule has 4 heteroatoms. The Morgan fingerprint density at radius 1 is 1.44 bits per heavy atom. The Kier molecular flexibility index (Phi) is 3.01. The van der Waals surface area contributed by atoms with Gasteiger partial charge < -0.3 is 9.30 Å². The molecule has 2 aromatic rings. The van der Waals surface area contributed by atoms with E-state index in [2.05, 4.69) is 15.9 Å². The van der Waals surface area contributed by atoms with Gasteiger partial charge >= 0.3 is 5.97 Å². The number of aromatic nitrogens is 1. The topological polar surface area (TPSA) is 31.2 Å². The predicted molar refractivity (Wildman–Crippen MR) is 66.4 cm³/mol. The number of carbonyl (C=O) groups excluding carboxylic acids is 1. The molecule has 1 aromatic carbocycles. The first-order chi connectivity index (χ1) is 7.63. The average molecular weight is 282 g/mol. The van der Waals surface area contributed by atoms with E-state index in [0.717, 1.165) is 15.4 Å². The van der Waals surface area contributed by atoms with Crippen LogP contribution in [0, 0.1) is 0 Å². The number of methoxy groups -OCH3 is 1. The van der Waals surface area contributed by atoms with E-state index in [1.807, 2.05) is 42.0 Å². The third-order valence-electron chi connectivity index (χ3n) is 2.64. The molecule has 1 atom stereocenters. The first-order valence-electron chi connectivity index (χ1n) is 4.97. The van der Waals surface area contributed by atoms with Gasteiger partial charge in [0, 0.05) is 21.6 Å². The normalized spacial score (nSPS) is 12.7. The lowest BCUT2D eigenvalue weighted by Crippen LogP contribution is -2.16. The van der Waals surface area contributed by atoms with Crippen LogP contribution >= 0.6 is 15.9 Å². The Morgan fingerprint density at radius 3 is 2.88 bits per heavy atom. The van der Waals surface area contributed by atoms with Crippen molar-refractivity contribution >= 4 is 32.8 Å². The van der Waals surface area contributed by atoms with Crippen LogP contribution in [-0.4, -0.2) is 17.6 Å². The van der Waals surface area contributed by atoms with E-state index < -0.39 is 0 Å². The third-order valence-corrected chi connectivity index (χ3v) is 3.14. The van der Waals surface area contributed by atoms with Crippen LogP contribution in [0.3, 0.4) is 0 Å². The molecule has 1 unspecified atom stereocenters. The molecule has 0 amide bonds. The number of fused-ring (bicyclic) bond motifs is 1. The average Bonchev–Trinajstić information content (AvgIpc) is 2.69. The molecule has 0 radical (unpaired) electrons. The molecule has 0 saturated heterocycles. The molecule has 0 bridgehead atoms. The maximum Gasteiger partial charge on any atom is 0.328 e. The lowest BCUT2D eigenvalue weighted by atomic mass is 10.2. The Balaban J connectivity index is 2.50. The molecular formula is C12H12BrNO2. The highest BCUT2D eigenvalue weighted by Gasteiger charge is 2.16. The highest BCUT2D eigenvalue weighted by molar-refractivity contribution is 9.10. The zero-order valence-corrected chi connectivity index (χ0v) is 10.7. The van der Waals surface area contributed by atoms with Gasteiger partial charge in [0.15, 0.2) is 0 Å². The number of benzene rings is 1. The van der Waals surface area contributed by atoms with Gasteiger partial charge in [-0.2, -0.15) is 0 Å². The maximum absolute atomic E-state index is 11.5. The fraction of sp³-hybridized carbons (Fsp3) is 0.250. The SMILES string of the molecule is COC(=O)C(C)n1ccc2cc(Br)ccc21. The first-order valence-corrected chi connectivity index (χ1v) is 5.76. The van der Waals surface area contributed by atoms with E-state index in [1.54, 1.807) is 0 Å². The molecule has 0 aliphatic rings. The predicted octanol–water partition coefficient (Wildman–Crippen LogP) is 3.14. The van der Waals surface area contributed by atoms with Crippen LogP contribution in [0.4, 0.5) is 0 Å². The number of carbonyl (C=O) groups is 1. The van der Waals surface area contributed by atoms with Crippen LogP contribution in [0.5, 0.6) is 0 Å². The fourth-order valence-corrected chi connectivity index (χ4v) is 2.14. The van der Waals surface area contributed by atoms with Crippen molar-refractivity contribution < 1.29 is 9.53 Å². The summed E-state index contributed by atoms with van der Waals surface area (Å²) in [6.07, 6.45) is 1.90.